The van der Waals surface area contributed by atoms with Crippen molar-refractivity contribution in [3.8, 4) is 0 Å². The first-order chi connectivity index (χ1) is 15.8. The minimum atomic E-state index is -0.460. The van der Waals surface area contributed by atoms with E-state index in [9.17, 15) is 14.4 Å². The van der Waals surface area contributed by atoms with Gasteiger partial charge in [-0.2, -0.15) is 0 Å². The molecule has 0 aromatic heterocycles. The number of nitrogens with zero attached hydrogens (tertiary/aromatic N) is 1. The Balaban J connectivity index is 2.04. The van der Waals surface area contributed by atoms with Gasteiger partial charge in [0.05, 0.1) is 24.8 Å². The van der Waals surface area contributed by atoms with Crippen LogP contribution in [0.15, 0.2) is 66.4 Å². The van der Waals surface area contributed by atoms with E-state index >= 15 is 0 Å². The predicted octanol–water partition coefficient (Wildman–Crippen LogP) is 4.61. The highest BCUT2D eigenvalue weighted by Crippen LogP contribution is 2.39. The molecule has 33 heavy (non-hydrogen) atoms. The molecule has 0 N–H and O–H groups in total. The smallest absolute Gasteiger partial charge is 0.337 e. The molecule has 0 fully saturated rings. The number of methoxy groups -OCH3 is 1. The Morgan fingerprint density at radius 1 is 1.12 bits per heavy atom. The standard InChI is InChI=1S/C27H29NO5/c1-6-12-33-27(31)25-19(4)28(16-20-8-7-9-21(14-20)26(30)32-5)24(29)15-23(25)22-11-10-17(2)13-18(22)3/h6-11,13-14,23H,1,12,15-16H2,2-5H3. The van der Waals surface area contributed by atoms with Gasteiger partial charge in [0, 0.05) is 18.0 Å². The van der Waals surface area contributed by atoms with E-state index in [1.54, 1.807) is 30.0 Å². The van der Waals surface area contributed by atoms with Crippen LogP contribution in [-0.4, -0.2) is 36.5 Å². The van der Waals surface area contributed by atoms with E-state index in [1.807, 2.05) is 38.1 Å². The summed E-state index contributed by atoms with van der Waals surface area (Å²) in [7, 11) is 1.32. The van der Waals surface area contributed by atoms with Gasteiger partial charge < -0.3 is 14.4 Å². The third-order valence-electron chi connectivity index (χ3n) is 5.86. The van der Waals surface area contributed by atoms with E-state index < -0.39 is 17.9 Å². The van der Waals surface area contributed by atoms with Crippen molar-refractivity contribution in [3.63, 3.8) is 0 Å². The van der Waals surface area contributed by atoms with Crippen LogP contribution in [0.4, 0.5) is 0 Å². The molecule has 2 aromatic carbocycles. The summed E-state index contributed by atoms with van der Waals surface area (Å²) in [6.07, 6.45) is 1.67. The van der Waals surface area contributed by atoms with Crippen molar-refractivity contribution in [2.75, 3.05) is 13.7 Å². The average molecular weight is 448 g/mol. The monoisotopic (exact) mass is 447 g/mol. The van der Waals surface area contributed by atoms with Crippen LogP contribution < -0.4 is 0 Å². The SMILES string of the molecule is C=CCOC(=O)C1=C(C)N(Cc2cccc(C(=O)OC)c2)C(=O)CC1c1ccc(C)cc1C. The van der Waals surface area contributed by atoms with Gasteiger partial charge in [0.25, 0.3) is 0 Å². The lowest BCUT2D eigenvalue weighted by Gasteiger charge is -2.35. The molecule has 1 amide bonds. The van der Waals surface area contributed by atoms with Crippen molar-refractivity contribution in [1.82, 2.24) is 4.90 Å². The van der Waals surface area contributed by atoms with Crippen molar-refractivity contribution in [1.29, 1.82) is 0 Å². The number of ether oxygens (including phenoxy) is 2. The van der Waals surface area contributed by atoms with Crippen molar-refractivity contribution in [3.05, 3.63) is 94.2 Å². The second kappa shape index (κ2) is 10.3. The van der Waals surface area contributed by atoms with Crippen LogP contribution in [-0.2, 0) is 25.6 Å². The fourth-order valence-corrected chi connectivity index (χ4v) is 4.26. The fraction of sp³-hybridized carbons (Fsp3) is 0.296. The van der Waals surface area contributed by atoms with Crippen LogP contribution in [0.25, 0.3) is 0 Å². The molecule has 0 bridgehead atoms. The topological polar surface area (TPSA) is 72.9 Å². The maximum Gasteiger partial charge on any atom is 0.337 e. The zero-order valence-electron chi connectivity index (χ0n) is 19.5. The minimum absolute atomic E-state index is 0.0876. The van der Waals surface area contributed by atoms with Gasteiger partial charge in [-0.15, -0.1) is 0 Å². The summed E-state index contributed by atoms with van der Waals surface area (Å²) in [5, 5.41) is 0. The zero-order chi connectivity index (χ0) is 24.1. The van der Waals surface area contributed by atoms with Crippen LogP contribution in [0, 0.1) is 13.8 Å². The van der Waals surface area contributed by atoms with Crippen molar-refractivity contribution >= 4 is 17.8 Å². The summed E-state index contributed by atoms with van der Waals surface area (Å²) in [6, 6.07) is 12.9. The predicted molar refractivity (Wildman–Crippen MR) is 125 cm³/mol. The highest BCUT2D eigenvalue weighted by molar-refractivity contribution is 5.96. The number of hydrogen-bond acceptors (Lipinski definition) is 5. The molecular weight excluding hydrogens is 418 g/mol. The van der Waals surface area contributed by atoms with Crippen LogP contribution in [0.2, 0.25) is 0 Å². The molecule has 0 saturated carbocycles. The number of carbonyl (C=O) groups excluding carboxylic acids is 3. The quantitative estimate of drug-likeness (QED) is 0.458. The summed E-state index contributed by atoms with van der Waals surface area (Å²) >= 11 is 0. The lowest BCUT2D eigenvalue weighted by atomic mass is 9.81. The third-order valence-corrected chi connectivity index (χ3v) is 5.86. The Bertz CT molecular complexity index is 1130. The molecule has 1 unspecified atom stereocenters. The molecule has 1 aliphatic heterocycles. The highest BCUT2D eigenvalue weighted by Gasteiger charge is 2.37. The first-order valence-electron chi connectivity index (χ1n) is 10.8. The molecule has 0 saturated heterocycles. The van der Waals surface area contributed by atoms with Crippen LogP contribution in [0.1, 0.15) is 51.9 Å². The Morgan fingerprint density at radius 2 is 1.88 bits per heavy atom. The van der Waals surface area contributed by atoms with Gasteiger partial charge in [0.2, 0.25) is 5.91 Å². The van der Waals surface area contributed by atoms with Crippen LogP contribution >= 0.6 is 0 Å². The van der Waals surface area contributed by atoms with Gasteiger partial charge in [0.1, 0.15) is 6.61 Å². The molecule has 6 nitrogen and oxygen atoms in total. The molecule has 1 heterocycles. The molecular formula is C27H29NO5. The third kappa shape index (κ3) is 5.22. The van der Waals surface area contributed by atoms with E-state index in [1.165, 1.54) is 13.2 Å². The van der Waals surface area contributed by atoms with Crippen molar-refractivity contribution in [2.45, 2.75) is 39.7 Å². The fourth-order valence-electron chi connectivity index (χ4n) is 4.26. The number of amides is 1. The maximum absolute atomic E-state index is 13.3. The van der Waals surface area contributed by atoms with Gasteiger partial charge in [-0.3, -0.25) is 4.79 Å². The average Bonchev–Trinajstić information content (AvgIpc) is 2.79. The molecule has 1 aliphatic rings. The van der Waals surface area contributed by atoms with E-state index in [0.29, 0.717) is 16.8 Å². The molecule has 1 atom stereocenters. The molecule has 0 spiro atoms. The molecule has 0 radical (unpaired) electrons. The van der Waals surface area contributed by atoms with E-state index in [4.69, 9.17) is 9.47 Å². The molecule has 6 heteroatoms. The molecule has 3 rings (SSSR count). The molecule has 2 aromatic rings. The largest absolute Gasteiger partial charge is 0.465 e. The molecule has 172 valence electrons. The van der Waals surface area contributed by atoms with Gasteiger partial charge in [-0.1, -0.05) is 48.6 Å². The Morgan fingerprint density at radius 3 is 2.55 bits per heavy atom. The second-order valence-electron chi connectivity index (χ2n) is 8.17. The summed E-state index contributed by atoms with van der Waals surface area (Å²) in [5.41, 5.74) is 5.25. The van der Waals surface area contributed by atoms with Gasteiger partial charge >= 0.3 is 11.9 Å². The lowest BCUT2D eigenvalue weighted by molar-refractivity contribution is -0.139. The minimum Gasteiger partial charge on any atom is -0.465 e. The van der Waals surface area contributed by atoms with E-state index in [-0.39, 0.29) is 25.5 Å². The summed E-state index contributed by atoms with van der Waals surface area (Å²) in [5.74, 6) is -1.40. The number of rotatable bonds is 7. The van der Waals surface area contributed by atoms with Crippen molar-refractivity contribution < 1.29 is 23.9 Å². The number of carbonyl (C=O) groups is 3. The highest BCUT2D eigenvalue weighted by atomic mass is 16.5. The van der Waals surface area contributed by atoms with Gasteiger partial charge in [0.15, 0.2) is 0 Å². The van der Waals surface area contributed by atoms with E-state index in [2.05, 4.69) is 6.58 Å². The molecule has 0 aliphatic carbocycles. The van der Waals surface area contributed by atoms with Gasteiger partial charge in [-0.05, 0) is 49.6 Å². The Hall–Kier alpha value is -3.67. The van der Waals surface area contributed by atoms with E-state index in [0.717, 1.165) is 22.3 Å². The van der Waals surface area contributed by atoms with Crippen LogP contribution in [0.3, 0.4) is 0 Å². The maximum atomic E-state index is 13.3. The van der Waals surface area contributed by atoms with Crippen LogP contribution in [0.5, 0.6) is 0 Å². The lowest BCUT2D eigenvalue weighted by Crippen LogP contribution is -2.38. The Kier molecular flexibility index (Phi) is 7.48. The van der Waals surface area contributed by atoms with Gasteiger partial charge in [-0.25, -0.2) is 9.59 Å². The Labute approximate surface area is 194 Å². The second-order valence-corrected chi connectivity index (χ2v) is 8.17. The number of allylic oxidation sites excluding steroid dienone is 1. The number of aryl methyl sites for hydroxylation is 2. The van der Waals surface area contributed by atoms with Crippen molar-refractivity contribution in [2.24, 2.45) is 0 Å². The normalized spacial score (nSPS) is 15.9. The summed E-state index contributed by atoms with van der Waals surface area (Å²) in [6.45, 7) is 9.69. The summed E-state index contributed by atoms with van der Waals surface area (Å²) < 4.78 is 10.2. The first kappa shape index (κ1) is 24.0. The number of esters is 2. The zero-order valence-corrected chi connectivity index (χ0v) is 19.5. The first-order valence-corrected chi connectivity index (χ1v) is 10.8. The number of benzene rings is 2. The summed E-state index contributed by atoms with van der Waals surface area (Å²) in [4.78, 5) is 39.8. The number of hydrogen-bond donors (Lipinski definition) is 0.